The molecule has 1 aliphatic heterocycles. The van der Waals surface area contributed by atoms with Gasteiger partial charge in [0.1, 0.15) is 5.82 Å². The van der Waals surface area contributed by atoms with Crippen molar-refractivity contribution in [2.24, 2.45) is 0 Å². The molecule has 0 bridgehead atoms. The molecule has 1 fully saturated rings. The lowest BCUT2D eigenvalue weighted by Gasteiger charge is -2.40. The third-order valence-corrected chi connectivity index (χ3v) is 5.82. The molecule has 0 aliphatic carbocycles. The van der Waals surface area contributed by atoms with Crippen LogP contribution in [0.3, 0.4) is 0 Å². The molecule has 1 aromatic carbocycles. The summed E-state index contributed by atoms with van der Waals surface area (Å²) in [5.41, 5.74) is 1.50. The molecule has 31 heavy (non-hydrogen) atoms. The highest BCUT2D eigenvalue weighted by atomic mass is 32.2. The van der Waals surface area contributed by atoms with Crippen molar-refractivity contribution < 1.29 is 22.3 Å². The fourth-order valence-corrected chi connectivity index (χ4v) is 4.67. The molecule has 3 rings (SSSR count). The molecule has 0 saturated carbocycles. The van der Waals surface area contributed by atoms with Gasteiger partial charge in [0.2, 0.25) is 10.0 Å². The maximum absolute atomic E-state index is 14.2. The molecule has 0 unspecified atom stereocenters. The van der Waals surface area contributed by atoms with Crippen molar-refractivity contribution in [3.63, 3.8) is 0 Å². The van der Waals surface area contributed by atoms with Crippen LogP contribution in [0.4, 0.5) is 9.18 Å². The number of amides is 1. The van der Waals surface area contributed by atoms with Crippen LogP contribution in [-0.2, 0) is 21.2 Å². The molecule has 1 aliphatic rings. The SMILES string of the molecule is CC(C)OC(=O)N1CCC[C@H](NS(C)(=O)=O)[C@@H]1Cc1cccc(-c2ccccc2F)n1. The standard InChI is InChI=1S/C22H28FN3O4S/c1-15(2)30-22(27)26-13-7-12-20(25-31(3,28)29)21(26)14-16-8-6-11-19(24-16)17-9-4-5-10-18(17)23/h4-6,8-11,15,20-21,25H,7,12-14H2,1-3H3/t20-,21-/m0/s1. The number of rotatable bonds is 6. The van der Waals surface area contributed by atoms with Crippen molar-refractivity contribution in [3.05, 3.63) is 54.0 Å². The predicted molar refractivity (Wildman–Crippen MR) is 116 cm³/mol. The van der Waals surface area contributed by atoms with E-state index in [9.17, 15) is 17.6 Å². The van der Waals surface area contributed by atoms with Crippen molar-refractivity contribution >= 4 is 16.1 Å². The lowest BCUT2D eigenvalue weighted by atomic mass is 9.93. The van der Waals surface area contributed by atoms with E-state index in [0.29, 0.717) is 42.8 Å². The quantitative estimate of drug-likeness (QED) is 0.731. The van der Waals surface area contributed by atoms with Gasteiger partial charge in [-0.3, -0.25) is 4.98 Å². The van der Waals surface area contributed by atoms with Gasteiger partial charge in [-0.05, 0) is 51.0 Å². The van der Waals surface area contributed by atoms with Gasteiger partial charge in [-0.2, -0.15) is 0 Å². The van der Waals surface area contributed by atoms with Gasteiger partial charge in [0.05, 0.1) is 24.1 Å². The molecule has 2 heterocycles. The number of hydrogen-bond acceptors (Lipinski definition) is 5. The summed E-state index contributed by atoms with van der Waals surface area (Å²) in [5.74, 6) is -0.372. The molecular weight excluding hydrogens is 421 g/mol. The second-order valence-corrected chi connectivity index (χ2v) is 9.81. The third kappa shape index (κ3) is 6.24. The molecule has 9 heteroatoms. The number of aromatic nitrogens is 1. The topological polar surface area (TPSA) is 88.6 Å². The number of sulfonamides is 1. The first-order valence-corrected chi connectivity index (χ1v) is 12.2. The number of carbonyl (C=O) groups is 1. The molecule has 1 amide bonds. The third-order valence-electron chi connectivity index (χ3n) is 5.09. The van der Waals surface area contributed by atoms with Gasteiger partial charge in [-0.15, -0.1) is 0 Å². The fourth-order valence-electron chi connectivity index (χ4n) is 3.84. The average Bonchev–Trinajstić information content (AvgIpc) is 2.68. The lowest BCUT2D eigenvalue weighted by Crippen LogP contribution is -2.58. The Kier molecular flexibility index (Phi) is 7.27. The zero-order valence-electron chi connectivity index (χ0n) is 17.9. The number of likely N-dealkylation sites (tertiary alicyclic amines) is 1. The van der Waals surface area contributed by atoms with Crippen LogP contribution in [-0.4, -0.2) is 55.4 Å². The smallest absolute Gasteiger partial charge is 0.410 e. The Morgan fingerprint density at radius 2 is 2.00 bits per heavy atom. The lowest BCUT2D eigenvalue weighted by molar-refractivity contribution is 0.0459. The van der Waals surface area contributed by atoms with Crippen LogP contribution in [0.5, 0.6) is 0 Å². The second kappa shape index (κ2) is 9.74. The van der Waals surface area contributed by atoms with E-state index in [1.165, 1.54) is 6.07 Å². The molecule has 0 radical (unpaired) electrons. The van der Waals surface area contributed by atoms with E-state index in [2.05, 4.69) is 9.71 Å². The highest BCUT2D eigenvalue weighted by Gasteiger charge is 2.37. The zero-order chi connectivity index (χ0) is 22.6. The summed E-state index contributed by atoms with van der Waals surface area (Å²) in [6.07, 6.45) is 1.88. The highest BCUT2D eigenvalue weighted by Crippen LogP contribution is 2.25. The Morgan fingerprint density at radius 3 is 2.68 bits per heavy atom. The molecule has 1 aromatic heterocycles. The summed E-state index contributed by atoms with van der Waals surface area (Å²) in [7, 11) is -3.48. The predicted octanol–water partition coefficient (Wildman–Crippen LogP) is 3.36. The van der Waals surface area contributed by atoms with Crippen LogP contribution in [0.25, 0.3) is 11.3 Å². The van der Waals surface area contributed by atoms with Crippen molar-refractivity contribution in [2.75, 3.05) is 12.8 Å². The summed E-state index contributed by atoms with van der Waals surface area (Å²) in [5, 5.41) is 0. The minimum absolute atomic E-state index is 0.293. The van der Waals surface area contributed by atoms with E-state index >= 15 is 0 Å². The van der Waals surface area contributed by atoms with Gasteiger partial charge in [0.15, 0.2) is 0 Å². The van der Waals surface area contributed by atoms with E-state index < -0.39 is 28.2 Å². The van der Waals surface area contributed by atoms with Gasteiger partial charge < -0.3 is 9.64 Å². The highest BCUT2D eigenvalue weighted by molar-refractivity contribution is 7.88. The van der Waals surface area contributed by atoms with Gasteiger partial charge in [-0.25, -0.2) is 22.3 Å². The summed E-state index contributed by atoms with van der Waals surface area (Å²) in [6, 6.07) is 10.7. The van der Waals surface area contributed by atoms with Gasteiger partial charge >= 0.3 is 6.09 Å². The van der Waals surface area contributed by atoms with E-state index in [1.807, 2.05) is 0 Å². The number of ether oxygens (including phenoxy) is 1. The van der Waals surface area contributed by atoms with E-state index in [1.54, 1.807) is 55.1 Å². The maximum Gasteiger partial charge on any atom is 0.410 e. The van der Waals surface area contributed by atoms with Crippen LogP contribution in [0.2, 0.25) is 0 Å². The monoisotopic (exact) mass is 449 g/mol. The first-order chi connectivity index (χ1) is 14.6. The first-order valence-electron chi connectivity index (χ1n) is 10.3. The molecule has 2 aromatic rings. The fraction of sp³-hybridized carbons (Fsp3) is 0.455. The normalized spacial score (nSPS) is 19.5. The van der Waals surface area contributed by atoms with E-state index in [-0.39, 0.29) is 11.9 Å². The first kappa shape index (κ1) is 23.1. The molecule has 1 saturated heterocycles. The van der Waals surface area contributed by atoms with Crippen LogP contribution < -0.4 is 4.72 Å². The molecular formula is C22H28FN3O4S. The van der Waals surface area contributed by atoms with Crippen molar-refractivity contribution in [3.8, 4) is 11.3 Å². The number of halogens is 1. The largest absolute Gasteiger partial charge is 0.447 e. The summed E-state index contributed by atoms with van der Waals surface area (Å²) < 4.78 is 46.1. The van der Waals surface area contributed by atoms with Crippen molar-refractivity contribution in [2.45, 2.75) is 51.3 Å². The molecule has 168 valence electrons. The van der Waals surface area contributed by atoms with Gasteiger partial charge in [-0.1, -0.05) is 18.2 Å². The maximum atomic E-state index is 14.2. The number of benzene rings is 1. The van der Waals surface area contributed by atoms with Crippen LogP contribution in [0.15, 0.2) is 42.5 Å². The number of pyridine rings is 1. The summed E-state index contributed by atoms with van der Waals surface area (Å²) in [4.78, 5) is 18.9. The Bertz CT molecular complexity index is 1030. The summed E-state index contributed by atoms with van der Waals surface area (Å²) in [6.45, 7) is 4.00. The Hall–Kier alpha value is -2.52. The average molecular weight is 450 g/mol. The molecule has 2 atom stereocenters. The Balaban J connectivity index is 1.92. The van der Waals surface area contributed by atoms with Crippen molar-refractivity contribution in [1.82, 2.24) is 14.6 Å². The Morgan fingerprint density at radius 1 is 1.26 bits per heavy atom. The number of nitrogens with one attached hydrogen (secondary N) is 1. The Labute approximate surface area is 182 Å². The molecule has 0 spiro atoms. The van der Waals surface area contributed by atoms with Crippen LogP contribution >= 0.6 is 0 Å². The second-order valence-electron chi connectivity index (χ2n) is 8.03. The number of piperidine rings is 1. The van der Waals surface area contributed by atoms with Gasteiger partial charge in [0, 0.05) is 30.3 Å². The number of hydrogen-bond donors (Lipinski definition) is 1. The zero-order valence-corrected chi connectivity index (χ0v) is 18.7. The van der Waals surface area contributed by atoms with E-state index in [4.69, 9.17) is 4.74 Å². The number of nitrogens with zero attached hydrogens (tertiary/aromatic N) is 2. The van der Waals surface area contributed by atoms with Gasteiger partial charge in [0.25, 0.3) is 0 Å². The molecule has 1 N–H and O–H groups in total. The number of carbonyl (C=O) groups excluding carboxylic acids is 1. The van der Waals surface area contributed by atoms with Crippen LogP contribution in [0.1, 0.15) is 32.4 Å². The van der Waals surface area contributed by atoms with Crippen molar-refractivity contribution in [1.29, 1.82) is 0 Å². The minimum Gasteiger partial charge on any atom is -0.447 e. The molecule has 7 nitrogen and oxygen atoms in total. The van der Waals surface area contributed by atoms with Crippen LogP contribution in [0, 0.1) is 5.82 Å². The minimum atomic E-state index is -3.48. The van der Waals surface area contributed by atoms with E-state index in [0.717, 1.165) is 6.26 Å². The summed E-state index contributed by atoms with van der Waals surface area (Å²) >= 11 is 0.